The minimum atomic E-state index is 0.763. The Morgan fingerprint density at radius 2 is 2.50 bits per heavy atom. The fraction of sp³-hybridized carbons (Fsp3) is 0.167. The van der Waals surface area contributed by atoms with Crippen LogP contribution in [0.4, 0.5) is 0 Å². The summed E-state index contributed by atoms with van der Waals surface area (Å²) in [6.45, 7) is 0. The molecule has 0 aliphatic heterocycles. The van der Waals surface area contributed by atoms with Crippen LogP contribution in [0.5, 0.6) is 0 Å². The van der Waals surface area contributed by atoms with Crippen molar-refractivity contribution in [3.05, 3.63) is 23.9 Å². The zero-order valence-electron chi connectivity index (χ0n) is 4.35. The molecule has 0 aromatic carbocycles. The van der Waals surface area contributed by atoms with E-state index in [2.05, 4.69) is 6.08 Å². The zero-order chi connectivity index (χ0) is 5.98. The van der Waals surface area contributed by atoms with Crippen LogP contribution in [0, 0.1) is 6.08 Å². The summed E-state index contributed by atoms with van der Waals surface area (Å²) in [4.78, 5) is 0.833. The maximum Gasteiger partial charge on any atom is 0.0283 e. The van der Waals surface area contributed by atoms with E-state index < -0.39 is 0 Å². The standard InChI is InChI=1S/C6H6NS/c7-5-1-3-6(8)4-2-5/h1-2H,3,7H2. The second kappa shape index (κ2) is 2.09. The predicted molar refractivity (Wildman–Crippen MR) is 37.3 cm³/mol. The molecular weight excluding hydrogens is 118 g/mol. The smallest absolute Gasteiger partial charge is 0.0283 e. The maximum atomic E-state index is 5.38. The molecule has 1 aliphatic carbocycles. The second-order valence-electron chi connectivity index (χ2n) is 1.62. The number of rotatable bonds is 0. The van der Waals surface area contributed by atoms with Crippen molar-refractivity contribution in [1.82, 2.24) is 0 Å². The van der Waals surface area contributed by atoms with Crippen molar-refractivity contribution < 1.29 is 0 Å². The predicted octanol–water partition coefficient (Wildman–Crippen LogP) is 0.962. The highest BCUT2D eigenvalue weighted by Gasteiger charge is 1.94. The van der Waals surface area contributed by atoms with E-state index in [0.29, 0.717) is 0 Å². The first-order chi connectivity index (χ1) is 3.79. The normalized spacial score (nSPS) is 18.5. The number of allylic oxidation sites excluding steroid dienone is 3. The minimum Gasteiger partial charge on any atom is -0.399 e. The average molecular weight is 124 g/mol. The van der Waals surface area contributed by atoms with Crippen LogP contribution in [-0.4, -0.2) is 4.86 Å². The molecule has 0 amide bonds. The molecule has 0 atom stereocenters. The van der Waals surface area contributed by atoms with Crippen LogP contribution in [0.1, 0.15) is 6.42 Å². The summed E-state index contributed by atoms with van der Waals surface area (Å²) in [5, 5.41) is 0. The lowest BCUT2D eigenvalue weighted by atomic mass is 10.1. The Balaban J connectivity index is 2.71. The molecule has 8 heavy (non-hydrogen) atoms. The number of thiocarbonyl (C=S) groups is 1. The summed E-state index contributed by atoms with van der Waals surface area (Å²) < 4.78 is 0. The lowest BCUT2D eigenvalue weighted by Gasteiger charge is -1.98. The first-order valence-corrected chi connectivity index (χ1v) is 2.78. The molecule has 0 spiro atoms. The molecule has 2 heteroatoms. The SMILES string of the molecule is NC1=CCC(=S)[C]=C1. The highest BCUT2D eigenvalue weighted by Crippen LogP contribution is 2.01. The molecule has 2 N–H and O–H groups in total. The molecular formula is C6H6NS. The summed E-state index contributed by atoms with van der Waals surface area (Å²) in [7, 11) is 0. The Morgan fingerprint density at radius 3 is 2.88 bits per heavy atom. The van der Waals surface area contributed by atoms with Crippen molar-refractivity contribution in [2.45, 2.75) is 6.42 Å². The van der Waals surface area contributed by atoms with E-state index in [4.69, 9.17) is 18.0 Å². The van der Waals surface area contributed by atoms with Gasteiger partial charge in [-0.15, -0.1) is 0 Å². The Morgan fingerprint density at radius 1 is 1.75 bits per heavy atom. The second-order valence-corrected chi connectivity index (χ2v) is 2.11. The van der Waals surface area contributed by atoms with E-state index in [1.54, 1.807) is 6.08 Å². The van der Waals surface area contributed by atoms with Gasteiger partial charge in [-0.1, -0.05) is 18.3 Å². The first-order valence-electron chi connectivity index (χ1n) is 2.37. The van der Waals surface area contributed by atoms with Gasteiger partial charge in [-0.05, 0) is 12.2 Å². The topological polar surface area (TPSA) is 26.0 Å². The van der Waals surface area contributed by atoms with Crippen molar-refractivity contribution in [2.75, 3.05) is 0 Å². The van der Waals surface area contributed by atoms with Crippen LogP contribution >= 0.6 is 12.2 Å². The third-order valence-corrected chi connectivity index (χ3v) is 1.21. The van der Waals surface area contributed by atoms with Gasteiger partial charge in [0, 0.05) is 17.0 Å². The Kier molecular flexibility index (Phi) is 1.44. The number of hydrogen-bond acceptors (Lipinski definition) is 2. The average Bonchev–Trinajstić information content (AvgIpc) is 1.77. The van der Waals surface area contributed by atoms with Gasteiger partial charge in [0.15, 0.2) is 0 Å². The van der Waals surface area contributed by atoms with Gasteiger partial charge in [0.2, 0.25) is 0 Å². The third-order valence-electron chi connectivity index (χ3n) is 0.923. The van der Waals surface area contributed by atoms with E-state index in [9.17, 15) is 0 Å². The Hall–Kier alpha value is -0.630. The van der Waals surface area contributed by atoms with Crippen molar-refractivity contribution in [1.29, 1.82) is 0 Å². The van der Waals surface area contributed by atoms with Crippen molar-refractivity contribution in [3.8, 4) is 0 Å². The number of hydrogen-bond donors (Lipinski definition) is 1. The quantitative estimate of drug-likeness (QED) is 0.487. The molecule has 0 bridgehead atoms. The Labute approximate surface area is 53.9 Å². The van der Waals surface area contributed by atoms with E-state index in [1.807, 2.05) is 6.08 Å². The summed E-state index contributed by atoms with van der Waals surface area (Å²) in [5.41, 5.74) is 6.14. The fourth-order valence-corrected chi connectivity index (χ4v) is 0.634. The molecule has 0 aromatic rings. The molecule has 0 saturated heterocycles. The molecule has 0 saturated carbocycles. The molecule has 0 heterocycles. The van der Waals surface area contributed by atoms with Crippen LogP contribution in [-0.2, 0) is 0 Å². The highest BCUT2D eigenvalue weighted by molar-refractivity contribution is 7.80. The molecule has 1 nitrogen and oxygen atoms in total. The fourth-order valence-electron chi connectivity index (χ4n) is 0.492. The monoisotopic (exact) mass is 124 g/mol. The van der Waals surface area contributed by atoms with Gasteiger partial charge in [0.25, 0.3) is 0 Å². The molecule has 0 fully saturated rings. The third kappa shape index (κ3) is 1.17. The number of nitrogens with two attached hydrogens (primary N) is 1. The van der Waals surface area contributed by atoms with Crippen molar-refractivity contribution in [2.24, 2.45) is 5.73 Å². The Bertz CT molecular complexity index is 165. The lowest BCUT2D eigenvalue weighted by Crippen LogP contribution is -2.01. The summed E-state index contributed by atoms with van der Waals surface area (Å²) >= 11 is 4.82. The molecule has 1 aliphatic rings. The molecule has 1 radical (unpaired) electrons. The van der Waals surface area contributed by atoms with Gasteiger partial charge in [-0.3, -0.25) is 0 Å². The van der Waals surface area contributed by atoms with Crippen LogP contribution in [0.3, 0.4) is 0 Å². The van der Waals surface area contributed by atoms with Crippen LogP contribution in [0.2, 0.25) is 0 Å². The molecule has 1 rings (SSSR count). The summed E-state index contributed by atoms with van der Waals surface area (Å²) in [6.07, 6.45) is 7.21. The molecule has 41 valence electrons. The van der Waals surface area contributed by atoms with Gasteiger partial charge >= 0.3 is 0 Å². The van der Waals surface area contributed by atoms with Gasteiger partial charge in [-0.25, -0.2) is 0 Å². The van der Waals surface area contributed by atoms with Gasteiger partial charge in [0.05, 0.1) is 0 Å². The van der Waals surface area contributed by atoms with E-state index in [-0.39, 0.29) is 0 Å². The maximum absolute atomic E-state index is 5.38. The van der Waals surface area contributed by atoms with Gasteiger partial charge < -0.3 is 5.73 Å². The largest absolute Gasteiger partial charge is 0.399 e. The molecule has 0 aromatic heterocycles. The van der Waals surface area contributed by atoms with E-state index >= 15 is 0 Å². The van der Waals surface area contributed by atoms with Crippen LogP contribution in [0.25, 0.3) is 0 Å². The lowest BCUT2D eigenvalue weighted by molar-refractivity contribution is 1.32. The van der Waals surface area contributed by atoms with Crippen molar-refractivity contribution in [3.63, 3.8) is 0 Å². The highest BCUT2D eigenvalue weighted by atomic mass is 32.1. The van der Waals surface area contributed by atoms with Crippen molar-refractivity contribution >= 4 is 17.1 Å². The minimum absolute atomic E-state index is 0.763. The van der Waals surface area contributed by atoms with E-state index in [0.717, 1.165) is 17.0 Å². The van der Waals surface area contributed by atoms with Crippen LogP contribution in [0.15, 0.2) is 17.8 Å². The van der Waals surface area contributed by atoms with Gasteiger partial charge in [0.1, 0.15) is 0 Å². The summed E-state index contributed by atoms with van der Waals surface area (Å²) in [6, 6.07) is 0. The molecule has 0 unspecified atom stereocenters. The zero-order valence-corrected chi connectivity index (χ0v) is 5.16. The first kappa shape index (κ1) is 5.51. The summed E-state index contributed by atoms with van der Waals surface area (Å²) in [5.74, 6) is 0. The van der Waals surface area contributed by atoms with Crippen LogP contribution < -0.4 is 5.73 Å². The van der Waals surface area contributed by atoms with E-state index in [1.165, 1.54) is 0 Å². The van der Waals surface area contributed by atoms with Gasteiger partial charge in [-0.2, -0.15) is 0 Å².